The number of hydrogen-bond acceptors (Lipinski definition) is 6. The molecule has 2 aromatic carbocycles. The number of halogens is 1. The van der Waals surface area contributed by atoms with Crippen LogP contribution in [0.4, 0.5) is 10.1 Å². The van der Waals surface area contributed by atoms with Crippen molar-refractivity contribution in [1.82, 2.24) is 4.90 Å². The Morgan fingerprint density at radius 2 is 2.06 bits per heavy atom. The first-order valence-corrected chi connectivity index (χ1v) is 11.8. The molecule has 6 rings (SSSR count). The van der Waals surface area contributed by atoms with Gasteiger partial charge in [0.1, 0.15) is 35.6 Å². The standard InChI is InChI=1S/C26H28FN3O3/c1-17(31)25-26(18-6-3-2-4-7-18,10-5-11-29-14-21-13-20(29)15-32-21)24-16-33-23-9-8-19(27)12-22(23)30(24)28-25/h2-4,6-9,12,20-21,24H,5,10-11,13-16H2,1H3. The van der Waals surface area contributed by atoms with Gasteiger partial charge < -0.3 is 9.47 Å². The molecule has 6 nitrogen and oxygen atoms in total. The second kappa shape index (κ2) is 7.92. The van der Waals surface area contributed by atoms with Crippen LogP contribution in [0.3, 0.4) is 0 Å². The highest BCUT2D eigenvalue weighted by Gasteiger charge is 2.56. The minimum atomic E-state index is -0.619. The van der Waals surface area contributed by atoms with Gasteiger partial charge in [-0.1, -0.05) is 30.3 Å². The first kappa shape index (κ1) is 20.8. The van der Waals surface area contributed by atoms with Crippen molar-refractivity contribution in [3.8, 4) is 5.75 Å². The first-order valence-electron chi connectivity index (χ1n) is 11.8. The highest BCUT2D eigenvalue weighted by Crippen LogP contribution is 2.48. The Kier molecular flexibility index (Phi) is 4.99. The molecule has 4 unspecified atom stereocenters. The largest absolute Gasteiger partial charge is 0.489 e. The van der Waals surface area contributed by atoms with Gasteiger partial charge in [0.05, 0.1) is 18.1 Å². The zero-order chi connectivity index (χ0) is 22.6. The number of ketones is 1. The van der Waals surface area contributed by atoms with Gasteiger partial charge in [-0.3, -0.25) is 14.7 Å². The number of hydrazone groups is 1. The van der Waals surface area contributed by atoms with Crippen LogP contribution in [0.2, 0.25) is 0 Å². The first-order chi connectivity index (χ1) is 16.1. The van der Waals surface area contributed by atoms with Crippen LogP contribution in [0.1, 0.15) is 31.7 Å². The number of rotatable bonds is 6. The fourth-order valence-electron chi connectivity index (χ4n) is 6.22. The van der Waals surface area contributed by atoms with Gasteiger partial charge in [-0.25, -0.2) is 4.39 Å². The molecule has 172 valence electrons. The zero-order valence-electron chi connectivity index (χ0n) is 18.7. The van der Waals surface area contributed by atoms with E-state index >= 15 is 0 Å². The number of ether oxygens (including phenoxy) is 2. The summed E-state index contributed by atoms with van der Waals surface area (Å²) >= 11 is 0. The average molecular weight is 450 g/mol. The van der Waals surface area contributed by atoms with Crippen molar-refractivity contribution >= 4 is 17.2 Å². The number of anilines is 1. The molecule has 0 N–H and O–H groups in total. The summed E-state index contributed by atoms with van der Waals surface area (Å²) in [6.07, 6.45) is 3.17. The molecule has 2 aromatic rings. The van der Waals surface area contributed by atoms with Gasteiger partial charge in [-0.15, -0.1) is 0 Å². The molecule has 4 heterocycles. The van der Waals surface area contributed by atoms with Crippen LogP contribution in [-0.4, -0.2) is 60.9 Å². The number of carbonyl (C=O) groups excluding carboxylic acids is 1. The topological polar surface area (TPSA) is 54.4 Å². The molecule has 2 bridgehead atoms. The minimum absolute atomic E-state index is 0.0557. The van der Waals surface area contributed by atoms with Crippen molar-refractivity contribution in [2.24, 2.45) is 5.10 Å². The van der Waals surface area contributed by atoms with Crippen molar-refractivity contribution in [2.75, 3.05) is 31.3 Å². The lowest BCUT2D eigenvalue weighted by Crippen LogP contribution is -2.54. The molecule has 2 saturated heterocycles. The molecule has 0 radical (unpaired) electrons. The number of Topliss-reactive ketones (excluding diaryl/α,β-unsaturated/α-hetero) is 1. The van der Waals surface area contributed by atoms with Crippen LogP contribution in [0, 0.1) is 5.82 Å². The van der Waals surface area contributed by atoms with Crippen molar-refractivity contribution < 1.29 is 18.7 Å². The third kappa shape index (κ3) is 3.28. The maximum absolute atomic E-state index is 14.2. The monoisotopic (exact) mass is 449 g/mol. The fraction of sp³-hybridized carbons (Fsp3) is 0.462. The van der Waals surface area contributed by atoms with E-state index in [1.54, 1.807) is 13.0 Å². The summed E-state index contributed by atoms with van der Waals surface area (Å²) < 4.78 is 26.0. The molecule has 4 aliphatic rings. The van der Waals surface area contributed by atoms with E-state index in [0.29, 0.717) is 35.9 Å². The van der Waals surface area contributed by atoms with Crippen LogP contribution < -0.4 is 9.75 Å². The fourth-order valence-corrected chi connectivity index (χ4v) is 6.22. The van der Waals surface area contributed by atoms with Crippen molar-refractivity contribution in [2.45, 2.75) is 49.8 Å². The zero-order valence-corrected chi connectivity index (χ0v) is 18.7. The Labute approximate surface area is 193 Å². The Balaban J connectivity index is 1.37. The molecule has 0 amide bonds. The molecule has 4 atom stereocenters. The van der Waals surface area contributed by atoms with Crippen LogP contribution in [-0.2, 0) is 14.9 Å². The van der Waals surface area contributed by atoms with Gasteiger partial charge in [0.15, 0.2) is 5.78 Å². The number of fused-ring (bicyclic) bond motifs is 5. The van der Waals surface area contributed by atoms with Gasteiger partial charge in [0, 0.05) is 25.6 Å². The summed E-state index contributed by atoms with van der Waals surface area (Å²) in [5.41, 5.74) is 1.55. The minimum Gasteiger partial charge on any atom is -0.489 e. The maximum Gasteiger partial charge on any atom is 0.176 e. The Morgan fingerprint density at radius 1 is 1.21 bits per heavy atom. The lowest BCUT2D eigenvalue weighted by atomic mass is 9.67. The molecule has 7 heteroatoms. The average Bonchev–Trinajstić information content (AvgIpc) is 3.53. The lowest BCUT2D eigenvalue weighted by molar-refractivity contribution is -0.111. The van der Waals surface area contributed by atoms with Gasteiger partial charge in [0.25, 0.3) is 0 Å². The number of morpholine rings is 1. The van der Waals surface area contributed by atoms with Crippen LogP contribution >= 0.6 is 0 Å². The van der Waals surface area contributed by atoms with E-state index in [1.807, 2.05) is 23.2 Å². The molecule has 33 heavy (non-hydrogen) atoms. The number of hydrogen-bond donors (Lipinski definition) is 0. The third-order valence-corrected chi connectivity index (χ3v) is 7.71. The van der Waals surface area contributed by atoms with E-state index in [-0.39, 0.29) is 17.6 Å². The molecular formula is C26H28FN3O3. The van der Waals surface area contributed by atoms with E-state index in [1.165, 1.54) is 12.1 Å². The molecule has 0 aromatic heterocycles. The van der Waals surface area contributed by atoms with Crippen LogP contribution in [0.5, 0.6) is 5.75 Å². The van der Waals surface area contributed by atoms with Gasteiger partial charge in [0.2, 0.25) is 0 Å². The number of likely N-dealkylation sites (tertiary alicyclic amines) is 1. The van der Waals surface area contributed by atoms with Crippen molar-refractivity contribution in [3.63, 3.8) is 0 Å². The smallest absolute Gasteiger partial charge is 0.176 e. The number of nitrogens with zero attached hydrogens (tertiary/aromatic N) is 3. The molecule has 0 spiro atoms. The second-order valence-electron chi connectivity index (χ2n) is 9.57. The third-order valence-electron chi connectivity index (χ3n) is 7.71. The van der Waals surface area contributed by atoms with E-state index < -0.39 is 5.41 Å². The summed E-state index contributed by atoms with van der Waals surface area (Å²) in [6.45, 7) is 4.74. The van der Waals surface area contributed by atoms with Crippen LogP contribution in [0.15, 0.2) is 53.6 Å². The maximum atomic E-state index is 14.2. The van der Waals surface area contributed by atoms with Crippen molar-refractivity contribution in [1.29, 1.82) is 0 Å². The quantitative estimate of drug-likeness (QED) is 0.675. The van der Waals surface area contributed by atoms with Crippen LogP contribution in [0.25, 0.3) is 0 Å². The molecule has 2 fully saturated rings. The predicted octanol–water partition coefficient (Wildman–Crippen LogP) is 3.54. The van der Waals surface area contributed by atoms with E-state index in [2.05, 4.69) is 17.0 Å². The van der Waals surface area contributed by atoms with Gasteiger partial charge in [-0.2, -0.15) is 5.10 Å². The predicted molar refractivity (Wildman–Crippen MR) is 123 cm³/mol. The number of benzene rings is 2. The second-order valence-corrected chi connectivity index (χ2v) is 9.57. The summed E-state index contributed by atoms with van der Waals surface area (Å²) in [4.78, 5) is 15.5. The van der Waals surface area contributed by atoms with Gasteiger partial charge >= 0.3 is 0 Å². The molecule has 0 saturated carbocycles. The molecule has 4 aliphatic heterocycles. The number of carbonyl (C=O) groups is 1. The highest BCUT2D eigenvalue weighted by atomic mass is 19.1. The Hall–Kier alpha value is -2.77. The van der Waals surface area contributed by atoms with Gasteiger partial charge in [-0.05, 0) is 43.5 Å². The highest BCUT2D eigenvalue weighted by molar-refractivity contribution is 6.43. The SMILES string of the molecule is CC(=O)C1=NN2c3cc(F)ccc3OCC2C1(CCCN1CC2CC1CO2)c1ccccc1. The molecule has 0 aliphatic carbocycles. The lowest BCUT2D eigenvalue weighted by Gasteiger charge is -2.42. The van der Waals surface area contributed by atoms with Crippen molar-refractivity contribution in [3.05, 3.63) is 59.9 Å². The summed E-state index contributed by atoms with van der Waals surface area (Å²) in [5.74, 6) is 0.192. The van der Waals surface area contributed by atoms with E-state index in [4.69, 9.17) is 14.6 Å². The summed E-state index contributed by atoms with van der Waals surface area (Å²) in [5, 5.41) is 6.66. The van der Waals surface area contributed by atoms with E-state index in [0.717, 1.165) is 44.5 Å². The molecular weight excluding hydrogens is 421 g/mol. The van der Waals surface area contributed by atoms with E-state index in [9.17, 15) is 9.18 Å². The Morgan fingerprint density at radius 3 is 2.79 bits per heavy atom. The summed E-state index contributed by atoms with van der Waals surface area (Å²) in [7, 11) is 0. The summed E-state index contributed by atoms with van der Waals surface area (Å²) in [6, 6.07) is 14.9. The Bertz CT molecular complexity index is 1110. The normalized spacial score (nSPS) is 30.1.